The van der Waals surface area contributed by atoms with Crippen LogP contribution in [0.2, 0.25) is 0 Å². The molecule has 5 nitrogen and oxygen atoms in total. The van der Waals surface area contributed by atoms with Gasteiger partial charge in [0.05, 0.1) is 6.10 Å². The molecule has 0 saturated heterocycles. The van der Waals surface area contributed by atoms with Crippen LogP contribution in [0.5, 0.6) is 0 Å². The number of urea groups is 1. The fourth-order valence-corrected chi connectivity index (χ4v) is 2.20. The number of aromatic amines is 1. The summed E-state index contributed by atoms with van der Waals surface area (Å²) < 4.78 is 5.08. The van der Waals surface area contributed by atoms with Crippen LogP contribution in [0.4, 0.5) is 4.79 Å². The van der Waals surface area contributed by atoms with Crippen LogP contribution < -0.4 is 10.6 Å². The van der Waals surface area contributed by atoms with Gasteiger partial charge in [-0.25, -0.2) is 4.79 Å². The summed E-state index contributed by atoms with van der Waals surface area (Å²) in [6.07, 6.45) is 2.83. The second-order valence-corrected chi connectivity index (χ2v) is 5.30. The lowest BCUT2D eigenvalue weighted by molar-refractivity contribution is 0.118. The van der Waals surface area contributed by atoms with Gasteiger partial charge >= 0.3 is 6.03 Å². The van der Waals surface area contributed by atoms with E-state index in [0.717, 1.165) is 11.9 Å². The number of hydrogen-bond donors (Lipinski definition) is 3. The van der Waals surface area contributed by atoms with Crippen LogP contribution in [0.3, 0.4) is 0 Å². The van der Waals surface area contributed by atoms with Crippen molar-refractivity contribution in [3.63, 3.8) is 0 Å². The summed E-state index contributed by atoms with van der Waals surface area (Å²) in [4.78, 5) is 14.9. The Balaban J connectivity index is 1.81. The van der Waals surface area contributed by atoms with Gasteiger partial charge in [-0.15, -0.1) is 0 Å². The van der Waals surface area contributed by atoms with Gasteiger partial charge in [-0.05, 0) is 37.5 Å². The van der Waals surface area contributed by atoms with Gasteiger partial charge in [0.1, 0.15) is 0 Å². The number of hydrogen-bond acceptors (Lipinski definition) is 2. The standard InChI is InChI=1S/C16H23N3O2/c1-11-4-5-14-13(10-18-15(14)8-11)6-7-17-16(20)19-9-12(2)21-3/h4-5,8,10,12,18H,6-7,9H2,1-3H3,(H2,17,19,20). The number of nitrogens with one attached hydrogen (secondary N) is 3. The van der Waals surface area contributed by atoms with Crippen LogP contribution in [0.1, 0.15) is 18.1 Å². The molecular weight excluding hydrogens is 266 g/mol. The number of H-pyrrole nitrogens is 1. The van der Waals surface area contributed by atoms with Gasteiger partial charge in [0.15, 0.2) is 0 Å². The largest absolute Gasteiger partial charge is 0.380 e. The molecule has 114 valence electrons. The highest BCUT2D eigenvalue weighted by Crippen LogP contribution is 2.19. The molecule has 5 heteroatoms. The Bertz CT molecular complexity index is 607. The summed E-state index contributed by atoms with van der Waals surface area (Å²) in [7, 11) is 1.63. The highest BCUT2D eigenvalue weighted by Gasteiger charge is 2.06. The van der Waals surface area contributed by atoms with Gasteiger partial charge in [0.25, 0.3) is 0 Å². The van der Waals surface area contributed by atoms with Crippen molar-refractivity contribution in [3.05, 3.63) is 35.5 Å². The summed E-state index contributed by atoms with van der Waals surface area (Å²) in [5, 5.41) is 6.85. The number of amides is 2. The molecule has 21 heavy (non-hydrogen) atoms. The van der Waals surface area contributed by atoms with E-state index in [1.54, 1.807) is 7.11 Å². The molecule has 0 saturated carbocycles. The molecule has 0 aliphatic heterocycles. The van der Waals surface area contributed by atoms with Crippen LogP contribution in [0.15, 0.2) is 24.4 Å². The van der Waals surface area contributed by atoms with Crippen molar-refractivity contribution in [3.8, 4) is 0 Å². The average Bonchev–Trinajstić information content (AvgIpc) is 2.87. The number of benzene rings is 1. The van der Waals surface area contributed by atoms with E-state index in [1.807, 2.05) is 13.1 Å². The molecule has 1 aromatic carbocycles. The monoisotopic (exact) mass is 289 g/mol. The number of fused-ring (bicyclic) bond motifs is 1. The van der Waals surface area contributed by atoms with E-state index in [-0.39, 0.29) is 12.1 Å². The van der Waals surface area contributed by atoms with E-state index in [2.05, 4.69) is 40.7 Å². The molecule has 0 radical (unpaired) electrons. The molecule has 3 N–H and O–H groups in total. The van der Waals surface area contributed by atoms with Crippen molar-refractivity contribution in [1.29, 1.82) is 0 Å². The second-order valence-electron chi connectivity index (χ2n) is 5.30. The zero-order valence-electron chi connectivity index (χ0n) is 12.8. The van der Waals surface area contributed by atoms with Crippen LogP contribution >= 0.6 is 0 Å². The molecule has 1 aromatic heterocycles. The third-order valence-corrected chi connectivity index (χ3v) is 3.56. The fourth-order valence-electron chi connectivity index (χ4n) is 2.20. The molecule has 1 heterocycles. The first-order valence-electron chi connectivity index (χ1n) is 7.21. The van der Waals surface area contributed by atoms with E-state index in [9.17, 15) is 4.79 Å². The number of carbonyl (C=O) groups is 1. The molecule has 0 aliphatic rings. The number of carbonyl (C=O) groups excluding carboxylic acids is 1. The topological polar surface area (TPSA) is 66.2 Å². The zero-order chi connectivity index (χ0) is 15.2. The smallest absolute Gasteiger partial charge is 0.314 e. The van der Waals surface area contributed by atoms with Crippen molar-refractivity contribution < 1.29 is 9.53 Å². The summed E-state index contributed by atoms with van der Waals surface area (Å²) >= 11 is 0. The van der Waals surface area contributed by atoms with Crippen molar-refractivity contribution in [2.75, 3.05) is 20.2 Å². The highest BCUT2D eigenvalue weighted by molar-refractivity contribution is 5.83. The maximum Gasteiger partial charge on any atom is 0.314 e. The van der Waals surface area contributed by atoms with Gasteiger partial charge in [-0.2, -0.15) is 0 Å². The van der Waals surface area contributed by atoms with Crippen LogP contribution in [-0.4, -0.2) is 37.3 Å². The molecule has 0 bridgehead atoms. The first-order valence-corrected chi connectivity index (χ1v) is 7.21. The van der Waals surface area contributed by atoms with Gasteiger partial charge in [-0.3, -0.25) is 0 Å². The Kier molecular flexibility index (Phi) is 5.22. The molecule has 2 rings (SSSR count). The van der Waals surface area contributed by atoms with Gasteiger partial charge in [0.2, 0.25) is 0 Å². The zero-order valence-corrected chi connectivity index (χ0v) is 12.8. The Labute approximate surface area is 125 Å². The molecule has 0 aliphatic carbocycles. The van der Waals surface area contributed by atoms with E-state index in [1.165, 1.54) is 16.5 Å². The van der Waals surface area contributed by atoms with Gasteiger partial charge in [0, 0.05) is 37.3 Å². The van der Waals surface area contributed by atoms with Gasteiger partial charge < -0.3 is 20.4 Å². The maximum atomic E-state index is 11.6. The minimum absolute atomic E-state index is 0.0209. The highest BCUT2D eigenvalue weighted by atomic mass is 16.5. The first-order chi connectivity index (χ1) is 10.1. The van der Waals surface area contributed by atoms with Crippen LogP contribution in [-0.2, 0) is 11.2 Å². The molecule has 0 spiro atoms. The van der Waals surface area contributed by atoms with E-state index in [0.29, 0.717) is 13.1 Å². The number of aromatic nitrogens is 1. The number of ether oxygens (including phenoxy) is 1. The quantitative estimate of drug-likeness (QED) is 0.764. The lowest BCUT2D eigenvalue weighted by atomic mass is 10.1. The summed E-state index contributed by atoms with van der Waals surface area (Å²) in [6.45, 7) is 5.10. The third kappa shape index (κ3) is 4.23. The Hall–Kier alpha value is -2.01. The Morgan fingerprint density at radius 1 is 1.38 bits per heavy atom. The Morgan fingerprint density at radius 2 is 2.19 bits per heavy atom. The Morgan fingerprint density at radius 3 is 2.95 bits per heavy atom. The average molecular weight is 289 g/mol. The SMILES string of the molecule is COC(C)CNC(=O)NCCc1c[nH]c2cc(C)ccc12. The lowest BCUT2D eigenvalue weighted by Crippen LogP contribution is -2.40. The van der Waals surface area contributed by atoms with Crippen LogP contribution in [0, 0.1) is 6.92 Å². The van der Waals surface area contributed by atoms with E-state index >= 15 is 0 Å². The predicted molar refractivity (Wildman–Crippen MR) is 84.6 cm³/mol. The van der Waals surface area contributed by atoms with Crippen LogP contribution in [0.25, 0.3) is 10.9 Å². The van der Waals surface area contributed by atoms with Crippen molar-refractivity contribution >= 4 is 16.9 Å². The minimum Gasteiger partial charge on any atom is -0.380 e. The normalized spacial score (nSPS) is 12.3. The van der Waals surface area contributed by atoms with E-state index in [4.69, 9.17) is 4.74 Å². The van der Waals surface area contributed by atoms with Crippen molar-refractivity contribution in [2.24, 2.45) is 0 Å². The molecule has 2 aromatic rings. The molecule has 0 fully saturated rings. The third-order valence-electron chi connectivity index (χ3n) is 3.56. The maximum absolute atomic E-state index is 11.6. The molecule has 1 atom stereocenters. The summed E-state index contributed by atoms with van der Waals surface area (Å²) in [6, 6.07) is 6.20. The van der Waals surface area contributed by atoms with Crippen molar-refractivity contribution in [1.82, 2.24) is 15.6 Å². The van der Waals surface area contributed by atoms with E-state index < -0.39 is 0 Å². The summed E-state index contributed by atoms with van der Waals surface area (Å²) in [5.41, 5.74) is 3.60. The van der Waals surface area contributed by atoms with Crippen molar-refractivity contribution in [2.45, 2.75) is 26.4 Å². The number of methoxy groups -OCH3 is 1. The number of rotatable bonds is 6. The molecular formula is C16H23N3O2. The lowest BCUT2D eigenvalue weighted by Gasteiger charge is -2.11. The predicted octanol–water partition coefficient (Wildman–Crippen LogP) is 2.35. The second kappa shape index (κ2) is 7.13. The summed E-state index contributed by atoms with van der Waals surface area (Å²) in [5.74, 6) is 0. The minimum atomic E-state index is -0.158. The molecule has 1 unspecified atom stereocenters. The first kappa shape index (κ1) is 15.4. The molecule has 2 amide bonds. The number of aryl methyl sites for hydroxylation is 1. The van der Waals surface area contributed by atoms with Gasteiger partial charge in [-0.1, -0.05) is 12.1 Å². The fraction of sp³-hybridized carbons (Fsp3) is 0.438.